The van der Waals surface area contributed by atoms with E-state index in [1.54, 1.807) is 12.1 Å². The molecule has 0 aliphatic carbocycles. The summed E-state index contributed by atoms with van der Waals surface area (Å²) in [6, 6.07) is 19.2. The number of anilines is 1. The van der Waals surface area contributed by atoms with Gasteiger partial charge in [-0.25, -0.2) is 17.2 Å². The van der Waals surface area contributed by atoms with E-state index < -0.39 is 27.7 Å². The fraction of sp³-hybridized carbons (Fsp3) is 0.286. The van der Waals surface area contributed by atoms with Crippen LogP contribution in [0.25, 0.3) is 0 Å². The Balaban J connectivity index is 1.83. The van der Waals surface area contributed by atoms with Gasteiger partial charge in [0.25, 0.3) is 0 Å². The molecular weight excluding hydrogens is 512 g/mol. The number of nitrogens with one attached hydrogen (secondary N) is 1. The molecule has 0 radical (unpaired) electrons. The van der Waals surface area contributed by atoms with Gasteiger partial charge >= 0.3 is 0 Å². The van der Waals surface area contributed by atoms with Crippen molar-refractivity contribution in [2.75, 3.05) is 24.2 Å². The van der Waals surface area contributed by atoms with Gasteiger partial charge < -0.3 is 10.2 Å². The zero-order valence-corrected chi connectivity index (χ0v) is 22.1. The average Bonchev–Trinajstić information content (AvgIpc) is 2.89. The lowest BCUT2D eigenvalue weighted by molar-refractivity contribution is -0.141. The molecule has 0 aromatic heterocycles. The number of benzene rings is 3. The number of sulfonamides is 1. The van der Waals surface area contributed by atoms with E-state index in [1.165, 1.54) is 48.3 Å². The molecular formula is C28H31F2N3O4S. The highest BCUT2D eigenvalue weighted by Crippen LogP contribution is 2.20. The molecule has 0 fully saturated rings. The van der Waals surface area contributed by atoms with E-state index in [0.717, 1.165) is 16.1 Å². The van der Waals surface area contributed by atoms with Gasteiger partial charge in [-0.05, 0) is 53.9 Å². The van der Waals surface area contributed by atoms with Crippen molar-refractivity contribution in [3.8, 4) is 0 Å². The van der Waals surface area contributed by atoms with Crippen LogP contribution in [0.2, 0.25) is 0 Å². The molecule has 7 nitrogen and oxygen atoms in total. The summed E-state index contributed by atoms with van der Waals surface area (Å²) in [5, 5.41) is 2.62. The van der Waals surface area contributed by atoms with Gasteiger partial charge in [0.1, 0.15) is 17.7 Å². The Kier molecular flexibility index (Phi) is 9.95. The number of likely N-dealkylation sites (N-methyl/N-ethyl adjacent to an activating group) is 1. The van der Waals surface area contributed by atoms with Crippen LogP contribution in [0.3, 0.4) is 0 Å². The van der Waals surface area contributed by atoms with Crippen LogP contribution >= 0.6 is 0 Å². The van der Waals surface area contributed by atoms with Crippen molar-refractivity contribution in [2.24, 2.45) is 0 Å². The molecule has 0 heterocycles. The number of carbonyl (C=O) groups excluding carboxylic acids is 2. The lowest BCUT2D eigenvalue weighted by Crippen LogP contribution is -2.49. The number of hydrogen-bond donors (Lipinski definition) is 1. The fourth-order valence-corrected chi connectivity index (χ4v) is 5.08. The maximum absolute atomic E-state index is 13.5. The van der Waals surface area contributed by atoms with Crippen LogP contribution in [-0.2, 0) is 32.6 Å². The lowest BCUT2D eigenvalue weighted by Gasteiger charge is -2.31. The Bertz CT molecular complexity index is 1320. The first kappa shape index (κ1) is 28.8. The number of nitrogens with zero attached hydrogens (tertiary/aromatic N) is 2. The van der Waals surface area contributed by atoms with Gasteiger partial charge in [-0.3, -0.25) is 13.9 Å². The first-order valence-corrected chi connectivity index (χ1v) is 14.0. The summed E-state index contributed by atoms with van der Waals surface area (Å²) in [6.45, 7) is 0.0572. The fourth-order valence-electron chi connectivity index (χ4n) is 4.12. The van der Waals surface area contributed by atoms with Crippen LogP contribution in [0.1, 0.15) is 24.0 Å². The first-order valence-electron chi connectivity index (χ1n) is 12.1. The van der Waals surface area contributed by atoms with Crippen molar-refractivity contribution in [3.05, 3.63) is 102 Å². The molecule has 0 saturated heterocycles. The Morgan fingerprint density at radius 3 is 2.00 bits per heavy atom. The zero-order valence-electron chi connectivity index (χ0n) is 21.3. The number of hydrogen-bond acceptors (Lipinski definition) is 4. The number of rotatable bonds is 12. The number of amides is 2. The molecule has 1 atom stereocenters. The second kappa shape index (κ2) is 13.1. The molecule has 38 heavy (non-hydrogen) atoms. The molecule has 3 rings (SSSR count). The SMILES string of the molecule is CNC(=O)[C@@H](Cc1ccccc1)N(Cc1ccc(F)cc1)C(=O)CCCN(c1ccc(F)cc1)S(C)(=O)=O. The van der Waals surface area contributed by atoms with Crippen molar-refractivity contribution in [1.29, 1.82) is 0 Å². The molecule has 0 aliphatic rings. The van der Waals surface area contributed by atoms with Crippen LogP contribution in [0, 0.1) is 11.6 Å². The van der Waals surface area contributed by atoms with E-state index >= 15 is 0 Å². The molecule has 0 unspecified atom stereocenters. The Hall–Kier alpha value is -3.79. The zero-order chi connectivity index (χ0) is 27.7. The Labute approximate surface area is 222 Å². The van der Waals surface area contributed by atoms with Crippen molar-refractivity contribution in [3.63, 3.8) is 0 Å². The van der Waals surface area contributed by atoms with Crippen LogP contribution in [0.5, 0.6) is 0 Å². The molecule has 0 spiro atoms. The standard InChI is InChI=1S/C28H31F2N3O4S/c1-31-28(35)26(19-21-7-4-3-5-8-21)32(20-22-10-12-23(29)13-11-22)27(34)9-6-18-33(38(2,36)37)25-16-14-24(30)15-17-25/h3-5,7-8,10-17,26H,6,9,18-20H2,1-2H3,(H,31,35)/t26-/m1/s1. The summed E-state index contributed by atoms with van der Waals surface area (Å²) >= 11 is 0. The highest BCUT2D eigenvalue weighted by Gasteiger charge is 2.30. The van der Waals surface area contributed by atoms with Gasteiger partial charge in [-0.1, -0.05) is 42.5 Å². The van der Waals surface area contributed by atoms with Gasteiger partial charge in [0.2, 0.25) is 21.8 Å². The molecule has 0 saturated carbocycles. The highest BCUT2D eigenvalue weighted by molar-refractivity contribution is 7.92. The van der Waals surface area contributed by atoms with Gasteiger partial charge in [0, 0.05) is 33.0 Å². The Morgan fingerprint density at radius 2 is 1.45 bits per heavy atom. The number of halogens is 2. The quantitative estimate of drug-likeness (QED) is 0.376. The first-order chi connectivity index (χ1) is 18.1. The summed E-state index contributed by atoms with van der Waals surface area (Å²) in [5.41, 5.74) is 1.79. The molecule has 2 amide bonds. The van der Waals surface area contributed by atoms with Gasteiger partial charge in [0.15, 0.2) is 0 Å². The molecule has 10 heteroatoms. The van der Waals surface area contributed by atoms with Crippen LogP contribution in [-0.4, -0.2) is 51.0 Å². The smallest absolute Gasteiger partial charge is 0.242 e. The van der Waals surface area contributed by atoms with Crippen LogP contribution in [0.4, 0.5) is 14.5 Å². The van der Waals surface area contributed by atoms with Crippen molar-refractivity contribution >= 4 is 27.5 Å². The van der Waals surface area contributed by atoms with Crippen molar-refractivity contribution in [1.82, 2.24) is 10.2 Å². The predicted molar refractivity (Wildman–Crippen MR) is 143 cm³/mol. The predicted octanol–water partition coefficient (Wildman–Crippen LogP) is 3.90. The molecule has 3 aromatic carbocycles. The van der Waals surface area contributed by atoms with E-state index in [9.17, 15) is 26.8 Å². The largest absolute Gasteiger partial charge is 0.357 e. The maximum Gasteiger partial charge on any atom is 0.242 e. The van der Waals surface area contributed by atoms with E-state index in [2.05, 4.69) is 5.32 Å². The molecule has 0 aliphatic heterocycles. The summed E-state index contributed by atoms with van der Waals surface area (Å²) < 4.78 is 52.7. The summed E-state index contributed by atoms with van der Waals surface area (Å²) in [7, 11) is -2.20. The third-order valence-electron chi connectivity index (χ3n) is 6.05. The lowest BCUT2D eigenvalue weighted by atomic mass is 10.0. The second-order valence-corrected chi connectivity index (χ2v) is 10.8. The minimum atomic E-state index is -3.69. The minimum absolute atomic E-state index is 0.01000. The average molecular weight is 544 g/mol. The topological polar surface area (TPSA) is 86.8 Å². The number of carbonyl (C=O) groups is 2. The van der Waals surface area contributed by atoms with Crippen molar-refractivity contribution < 1.29 is 26.8 Å². The summed E-state index contributed by atoms with van der Waals surface area (Å²) in [4.78, 5) is 27.9. The van der Waals surface area contributed by atoms with E-state index in [1.807, 2.05) is 30.3 Å². The van der Waals surface area contributed by atoms with Gasteiger partial charge in [-0.15, -0.1) is 0 Å². The third-order valence-corrected chi connectivity index (χ3v) is 7.24. The van der Waals surface area contributed by atoms with Crippen molar-refractivity contribution in [2.45, 2.75) is 31.8 Å². The maximum atomic E-state index is 13.5. The highest BCUT2D eigenvalue weighted by atomic mass is 32.2. The van der Waals surface area contributed by atoms with Crippen LogP contribution in [0.15, 0.2) is 78.9 Å². The molecule has 202 valence electrons. The second-order valence-electron chi connectivity index (χ2n) is 8.88. The van der Waals surface area contributed by atoms with Crippen LogP contribution < -0.4 is 9.62 Å². The van der Waals surface area contributed by atoms with Gasteiger partial charge in [0.05, 0.1) is 11.9 Å². The van der Waals surface area contributed by atoms with E-state index in [4.69, 9.17) is 0 Å². The summed E-state index contributed by atoms with van der Waals surface area (Å²) in [5.74, 6) is -1.62. The minimum Gasteiger partial charge on any atom is -0.357 e. The third kappa shape index (κ3) is 8.11. The van der Waals surface area contributed by atoms with Gasteiger partial charge in [-0.2, -0.15) is 0 Å². The molecule has 0 bridgehead atoms. The molecule has 1 N–H and O–H groups in total. The Morgan fingerprint density at radius 1 is 0.868 bits per heavy atom. The molecule has 3 aromatic rings. The summed E-state index contributed by atoms with van der Waals surface area (Å²) in [6.07, 6.45) is 1.42. The van der Waals surface area contributed by atoms with E-state index in [-0.39, 0.29) is 49.9 Å². The monoisotopic (exact) mass is 543 g/mol. The normalized spacial score (nSPS) is 12.0. The van der Waals surface area contributed by atoms with E-state index in [0.29, 0.717) is 5.56 Å².